The molecule has 0 aliphatic heterocycles. The number of halogens is 2. The summed E-state index contributed by atoms with van der Waals surface area (Å²) in [5.74, 6) is 0.522. The van der Waals surface area contributed by atoms with Crippen molar-refractivity contribution in [2.75, 3.05) is 5.32 Å². The number of nitrogens with zero attached hydrogens (tertiary/aromatic N) is 3. The van der Waals surface area contributed by atoms with Gasteiger partial charge in [-0.05, 0) is 37.8 Å². The van der Waals surface area contributed by atoms with E-state index in [-0.39, 0.29) is 16.0 Å². The van der Waals surface area contributed by atoms with Gasteiger partial charge in [0.25, 0.3) is 0 Å². The predicted molar refractivity (Wildman–Crippen MR) is 55.7 cm³/mol. The SMILES string of the molecule is CC1(Nc2nc(Cl)nnc2Cl)CCC1. The highest BCUT2D eigenvalue weighted by Crippen LogP contribution is 2.35. The van der Waals surface area contributed by atoms with Crippen LogP contribution in [-0.4, -0.2) is 20.7 Å². The van der Waals surface area contributed by atoms with E-state index in [9.17, 15) is 0 Å². The van der Waals surface area contributed by atoms with Crippen molar-refractivity contribution in [1.29, 1.82) is 0 Å². The quantitative estimate of drug-likeness (QED) is 0.852. The number of anilines is 1. The first-order chi connectivity index (χ1) is 6.59. The molecule has 1 saturated carbocycles. The van der Waals surface area contributed by atoms with Crippen molar-refractivity contribution in [2.45, 2.75) is 31.7 Å². The lowest BCUT2D eigenvalue weighted by molar-refractivity contribution is 0.305. The molecule has 1 aromatic heterocycles. The average molecular weight is 233 g/mol. The zero-order chi connectivity index (χ0) is 10.2. The molecule has 1 fully saturated rings. The third-order valence-electron chi connectivity index (χ3n) is 2.50. The van der Waals surface area contributed by atoms with E-state index in [2.05, 4.69) is 27.4 Å². The number of hydrogen-bond donors (Lipinski definition) is 1. The van der Waals surface area contributed by atoms with Gasteiger partial charge in [-0.3, -0.25) is 0 Å². The molecule has 0 amide bonds. The number of nitrogens with one attached hydrogen (secondary N) is 1. The van der Waals surface area contributed by atoms with Gasteiger partial charge in [0.2, 0.25) is 5.28 Å². The van der Waals surface area contributed by atoms with Crippen LogP contribution >= 0.6 is 23.2 Å². The summed E-state index contributed by atoms with van der Waals surface area (Å²) in [5, 5.41) is 10.8. The molecular weight excluding hydrogens is 223 g/mol. The zero-order valence-corrected chi connectivity index (χ0v) is 9.23. The summed E-state index contributed by atoms with van der Waals surface area (Å²) < 4.78 is 0. The molecule has 2 rings (SSSR count). The standard InChI is InChI=1S/C8H10Cl2N4/c1-8(3-2-4-8)12-6-5(9)13-14-7(10)11-6/h2-4H2,1H3,(H,11,12,14). The molecule has 1 N–H and O–H groups in total. The predicted octanol–water partition coefficient (Wildman–Crippen LogP) is 2.53. The molecule has 0 aromatic carbocycles. The normalized spacial score (nSPS) is 18.8. The molecule has 1 aromatic rings. The van der Waals surface area contributed by atoms with Crippen molar-refractivity contribution in [3.63, 3.8) is 0 Å². The Balaban J connectivity index is 2.19. The molecule has 14 heavy (non-hydrogen) atoms. The van der Waals surface area contributed by atoms with Gasteiger partial charge >= 0.3 is 0 Å². The summed E-state index contributed by atoms with van der Waals surface area (Å²) in [6.45, 7) is 2.13. The van der Waals surface area contributed by atoms with Crippen LogP contribution in [0.3, 0.4) is 0 Å². The van der Waals surface area contributed by atoms with Gasteiger partial charge in [0.15, 0.2) is 11.0 Å². The molecule has 6 heteroatoms. The molecule has 76 valence electrons. The number of rotatable bonds is 2. The van der Waals surface area contributed by atoms with E-state index in [4.69, 9.17) is 23.2 Å². The zero-order valence-electron chi connectivity index (χ0n) is 7.72. The maximum Gasteiger partial charge on any atom is 0.245 e. The third-order valence-corrected chi connectivity index (χ3v) is 2.91. The minimum atomic E-state index is 0.0863. The fraction of sp³-hybridized carbons (Fsp3) is 0.625. The Kier molecular flexibility index (Phi) is 2.49. The second-order valence-corrected chi connectivity index (χ2v) is 4.46. The highest BCUT2D eigenvalue weighted by atomic mass is 35.5. The van der Waals surface area contributed by atoms with Crippen LogP contribution in [-0.2, 0) is 0 Å². The Morgan fingerprint density at radius 3 is 2.57 bits per heavy atom. The summed E-state index contributed by atoms with van der Waals surface area (Å²) in [6, 6.07) is 0. The molecule has 0 atom stereocenters. The first-order valence-corrected chi connectivity index (χ1v) is 5.19. The lowest BCUT2D eigenvalue weighted by atomic mass is 9.78. The van der Waals surface area contributed by atoms with Crippen LogP contribution in [0.15, 0.2) is 0 Å². The summed E-state index contributed by atoms with van der Waals surface area (Å²) >= 11 is 11.4. The Bertz CT molecular complexity index is 351. The summed E-state index contributed by atoms with van der Waals surface area (Å²) in [6.07, 6.45) is 3.46. The molecule has 4 nitrogen and oxygen atoms in total. The summed E-state index contributed by atoms with van der Waals surface area (Å²) in [5.41, 5.74) is 0.0863. The lowest BCUT2D eigenvalue weighted by Crippen LogP contribution is -2.42. The third kappa shape index (κ3) is 1.91. The van der Waals surface area contributed by atoms with Crippen LogP contribution in [0.25, 0.3) is 0 Å². The van der Waals surface area contributed by atoms with Gasteiger partial charge in [-0.15, -0.1) is 10.2 Å². The van der Waals surface area contributed by atoms with Gasteiger partial charge in [0, 0.05) is 5.54 Å². The maximum absolute atomic E-state index is 5.83. The fourth-order valence-corrected chi connectivity index (χ4v) is 1.74. The Morgan fingerprint density at radius 1 is 1.29 bits per heavy atom. The Labute approximate surface area is 92.0 Å². The Morgan fingerprint density at radius 2 is 2.00 bits per heavy atom. The minimum absolute atomic E-state index is 0.0863. The molecule has 0 saturated heterocycles. The van der Waals surface area contributed by atoms with Crippen LogP contribution in [0.2, 0.25) is 10.4 Å². The van der Waals surface area contributed by atoms with Crippen molar-refractivity contribution in [2.24, 2.45) is 0 Å². The highest BCUT2D eigenvalue weighted by molar-refractivity contribution is 6.32. The van der Waals surface area contributed by atoms with Gasteiger partial charge in [-0.2, -0.15) is 4.98 Å². The minimum Gasteiger partial charge on any atom is -0.362 e. The van der Waals surface area contributed by atoms with E-state index in [1.165, 1.54) is 6.42 Å². The van der Waals surface area contributed by atoms with Crippen molar-refractivity contribution in [3.8, 4) is 0 Å². The van der Waals surface area contributed by atoms with Gasteiger partial charge in [0.1, 0.15) is 0 Å². The molecule has 0 unspecified atom stereocenters. The lowest BCUT2D eigenvalue weighted by Gasteiger charge is -2.39. The van der Waals surface area contributed by atoms with Crippen molar-refractivity contribution in [1.82, 2.24) is 15.2 Å². The van der Waals surface area contributed by atoms with Crippen LogP contribution < -0.4 is 5.32 Å². The average Bonchev–Trinajstić information content (AvgIpc) is 2.09. The second kappa shape index (κ2) is 3.51. The molecule has 0 radical (unpaired) electrons. The summed E-state index contributed by atoms with van der Waals surface area (Å²) in [7, 11) is 0. The van der Waals surface area contributed by atoms with Crippen LogP contribution in [0.4, 0.5) is 5.82 Å². The molecule has 1 heterocycles. The van der Waals surface area contributed by atoms with E-state index in [0.29, 0.717) is 5.82 Å². The molecule has 1 aliphatic carbocycles. The van der Waals surface area contributed by atoms with Crippen molar-refractivity contribution < 1.29 is 0 Å². The smallest absolute Gasteiger partial charge is 0.245 e. The number of hydrogen-bond acceptors (Lipinski definition) is 4. The number of aromatic nitrogens is 3. The second-order valence-electron chi connectivity index (χ2n) is 3.76. The topological polar surface area (TPSA) is 50.7 Å². The Hall–Kier alpha value is -0.610. The summed E-state index contributed by atoms with van der Waals surface area (Å²) in [4.78, 5) is 3.99. The first-order valence-electron chi connectivity index (χ1n) is 4.43. The highest BCUT2D eigenvalue weighted by Gasteiger charge is 2.32. The van der Waals surface area contributed by atoms with Crippen molar-refractivity contribution in [3.05, 3.63) is 10.4 Å². The molecule has 1 aliphatic rings. The maximum atomic E-state index is 5.83. The van der Waals surface area contributed by atoms with Crippen molar-refractivity contribution >= 4 is 29.0 Å². The molecule has 0 spiro atoms. The molecule has 0 bridgehead atoms. The molecular formula is C8H10Cl2N4. The van der Waals surface area contributed by atoms with E-state index >= 15 is 0 Å². The largest absolute Gasteiger partial charge is 0.362 e. The van der Waals surface area contributed by atoms with Crippen LogP contribution in [0, 0.1) is 0 Å². The van der Waals surface area contributed by atoms with E-state index < -0.39 is 0 Å². The van der Waals surface area contributed by atoms with E-state index in [1.54, 1.807) is 0 Å². The van der Waals surface area contributed by atoms with Gasteiger partial charge < -0.3 is 5.32 Å². The monoisotopic (exact) mass is 232 g/mol. The fourth-order valence-electron chi connectivity index (χ4n) is 1.49. The van der Waals surface area contributed by atoms with Gasteiger partial charge in [-0.1, -0.05) is 11.6 Å². The van der Waals surface area contributed by atoms with Crippen LogP contribution in [0.1, 0.15) is 26.2 Å². The van der Waals surface area contributed by atoms with Crippen LogP contribution in [0.5, 0.6) is 0 Å². The first kappa shape index (κ1) is 9.93. The van der Waals surface area contributed by atoms with Gasteiger partial charge in [-0.25, -0.2) is 0 Å². The van der Waals surface area contributed by atoms with E-state index in [1.807, 2.05) is 0 Å². The van der Waals surface area contributed by atoms with E-state index in [0.717, 1.165) is 12.8 Å². The van der Waals surface area contributed by atoms with Gasteiger partial charge in [0.05, 0.1) is 0 Å².